The zero-order chi connectivity index (χ0) is 21.2. The molecule has 0 saturated carbocycles. The molecule has 0 aliphatic carbocycles. The van der Waals surface area contributed by atoms with Crippen LogP contribution in [0.25, 0.3) is 0 Å². The fourth-order valence-electron chi connectivity index (χ4n) is 2.94. The fraction of sp³-hybridized carbons (Fsp3) is 0.318. The lowest BCUT2D eigenvalue weighted by Crippen LogP contribution is -2.29. The number of nitrogens with zero attached hydrogens (tertiary/aromatic N) is 2. The second-order valence-electron chi connectivity index (χ2n) is 6.34. The first-order chi connectivity index (χ1) is 14.0. The lowest BCUT2D eigenvalue weighted by molar-refractivity contribution is -0.114. The summed E-state index contributed by atoms with van der Waals surface area (Å²) in [6.07, 6.45) is 0. The normalized spacial score (nSPS) is 11.9. The molecule has 0 saturated heterocycles. The Labute approximate surface area is 171 Å². The van der Waals surface area contributed by atoms with Gasteiger partial charge in [-0.1, -0.05) is 52.8 Å². The molecule has 154 valence electrons. The molecule has 0 unspecified atom stereocenters. The van der Waals surface area contributed by atoms with Gasteiger partial charge in [-0.15, -0.1) is 0 Å². The molecule has 0 spiro atoms. The van der Waals surface area contributed by atoms with Gasteiger partial charge in [0, 0.05) is 30.8 Å². The number of methoxy groups -OCH3 is 1. The van der Waals surface area contributed by atoms with Gasteiger partial charge in [-0.05, 0) is 25.0 Å². The van der Waals surface area contributed by atoms with Gasteiger partial charge < -0.3 is 19.7 Å². The second kappa shape index (κ2) is 11.0. The highest BCUT2D eigenvalue weighted by Crippen LogP contribution is 2.18. The van der Waals surface area contributed by atoms with Gasteiger partial charge in [0.2, 0.25) is 0 Å². The number of rotatable bonds is 9. The van der Waals surface area contributed by atoms with Crippen LogP contribution in [0.1, 0.15) is 34.7 Å². The van der Waals surface area contributed by atoms with E-state index in [9.17, 15) is 4.79 Å². The summed E-state index contributed by atoms with van der Waals surface area (Å²) in [5, 5.41) is 10.7. The highest BCUT2D eigenvalue weighted by atomic mass is 16.6. The van der Waals surface area contributed by atoms with Crippen LogP contribution in [0, 0.1) is 6.92 Å². The monoisotopic (exact) mass is 397 g/mol. The van der Waals surface area contributed by atoms with Gasteiger partial charge in [-0.25, -0.2) is 0 Å². The highest BCUT2D eigenvalue weighted by Gasteiger charge is 2.19. The number of aryl methyl sites for hydroxylation is 1. The number of hydrogen-bond donors (Lipinski definition) is 1. The summed E-state index contributed by atoms with van der Waals surface area (Å²) in [7, 11) is 4.61. The number of hydrogen-bond acceptors (Lipinski definition) is 6. The Morgan fingerprint density at radius 2 is 1.72 bits per heavy atom. The third-order valence-electron chi connectivity index (χ3n) is 4.41. The van der Waals surface area contributed by atoms with E-state index in [0.29, 0.717) is 12.2 Å². The number of amides is 1. The van der Waals surface area contributed by atoms with Crippen molar-refractivity contribution >= 4 is 17.3 Å². The Morgan fingerprint density at radius 3 is 2.41 bits per heavy atom. The van der Waals surface area contributed by atoms with Gasteiger partial charge in [-0.3, -0.25) is 4.79 Å². The standard InChI is InChI=1S/C22H27N3O4/c1-15-9-8-12-19(21(25-28-5)22(26)23-3)20(15)14-29-24-16(2)18-11-7-6-10-17(18)13-27-4/h6-12H,13-14H2,1-5H3,(H,23,26)/b24-16+,25-21+. The fourth-order valence-corrected chi connectivity index (χ4v) is 2.94. The zero-order valence-corrected chi connectivity index (χ0v) is 17.5. The van der Waals surface area contributed by atoms with Crippen molar-refractivity contribution in [2.24, 2.45) is 10.3 Å². The molecule has 2 rings (SSSR count). The molecule has 0 aliphatic heterocycles. The maximum absolute atomic E-state index is 12.2. The number of carbonyl (C=O) groups excluding carboxylic acids is 1. The van der Waals surface area contributed by atoms with Crippen LogP contribution in [0.5, 0.6) is 0 Å². The Kier molecular flexibility index (Phi) is 8.36. The number of likely N-dealkylation sites (N-methyl/N-ethyl adjacent to an activating group) is 1. The molecule has 0 aliphatic rings. The Bertz CT molecular complexity index is 907. The van der Waals surface area contributed by atoms with Crippen molar-refractivity contribution in [1.29, 1.82) is 0 Å². The van der Waals surface area contributed by atoms with E-state index >= 15 is 0 Å². The second-order valence-corrected chi connectivity index (χ2v) is 6.34. The maximum atomic E-state index is 12.2. The van der Waals surface area contributed by atoms with Gasteiger partial charge in [0.1, 0.15) is 13.7 Å². The molecule has 1 N–H and O–H groups in total. The van der Waals surface area contributed by atoms with E-state index in [2.05, 4.69) is 15.6 Å². The average molecular weight is 397 g/mol. The minimum atomic E-state index is -0.341. The molecule has 7 heteroatoms. The zero-order valence-electron chi connectivity index (χ0n) is 17.5. The van der Waals surface area contributed by atoms with Gasteiger partial charge in [0.05, 0.1) is 12.3 Å². The molecular formula is C22H27N3O4. The van der Waals surface area contributed by atoms with Crippen LogP contribution < -0.4 is 5.32 Å². The molecule has 0 aromatic heterocycles. The SMILES string of the molecule is CNC(=O)/C(=N/OC)c1cccc(C)c1CO/N=C(\C)c1ccccc1COC. The maximum Gasteiger partial charge on any atom is 0.273 e. The van der Waals surface area contributed by atoms with E-state index in [0.717, 1.165) is 28.0 Å². The molecule has 0 radical (unpaired) electrons. The predicted molar refractivity (Wildman–Crippen MR) is 113 cm³/mol. The summed E-state index contributed by atoms with van der Waals surface area (Å²) < 4.78 is 5.25. The van der Waals surface area contributed by atoms with Crippen LogP contribution in [0.3, 0.4) is 0 Å². The largest absolute Gasteiger partial charge is 0.398 e. The van der Waals surface area contributed by atoms with Crippen LogP contribution in [-0.2, 0) is 32.4 Å². The van der Waals surface area contributed by atoms with Crippen molar-refractivity contribution < 1.29 is 19.2 Å². The minimum absolute atomic E-state index is 0.184. The quantitative estimate of drug-likeness (QED) is 0.520. The summed E-state index contributed by atoms with van der Waals surface area (Å²) in [5.74, 6) is -0.341. The Morgan fingerprint density at radius 1 is 1.00 bits per heavy atom. The first kappa shape index (κ1) is 22.1. The van der Waals surface area contributed by atoms with Gasteiger partial charge in [-0.2, -0.15) is 0 Å². The summed E-state index contributed by atoms with van der Waals surface area (Å²) >= 11 is 0. The number of ether oxygens (including phenoxy) is 1. The van der Waals surface area contributed by atoms with Crippen LogP contribution in [0.15, 0.2) is 52.8 Å². The van der Waals surface area contributed by atoms with E-state index in [1.54, 1.807) is 14.2 Å². The van der Waals surface area contributed by atoms with Crippen molar-refractivity contribution in [1.82, 2.24) is 5.32 Å². The molecule has 1 amide bonds. The Balaban J connectivity index is 2.28. The van der Waals surface area contributed by atoms with Gasteiger partial charge in [0.15, 0.2) is 5.71 Å². The van der Waals surface area contributed by atoms with Crippen LogP contribution in [0.2, 0.25) is 0 Å². The smallest absolute Gasteiger partial charge is 0.273 e. The van der Waals surface area contributed by atoms with Crippen molar-refractivity contribution in [3.63, 3.8) is 0 Å². The minimum Gasteiger partial charge on any atom is -0.398 e. The lowest BCUT2D eigenvalue weighted by Gasteiger charge is -2.13. The van der Waals surface area contributed by atoms with E-state index in [1.165, 1.54) is 7.11 Å². The summed E-state index contributed by atoms with van der Waals surface area (Å²) in [4.78, 5) is 22.7. The third kappa shape index (κ3) is 5.65. The molecule has 2 aromatic rings. The van der Waals surface area contributed by atoms with E-state index in [-0.39, 0.29) is 18.2 Å². The first-order valence-electron chi connectivity index (χ1n) is 9.19. The van der Waals surface area contributed by atoms with Gasteiger partial charge in [0.25, 0.3) is 5.91 Å². The molecule has 0 bridgehead atoms. The predicted octanol–water partition coefficient (Wildman–Crippen LogP) is 3.18. The number of carbonyl (C=O) groups is 1. The van der Waals surface area contributed by atoms with E-state index in [4.69, 9.17) is 14.4 Å². The molecule has 2 aromatic carbocycles. The van der Waals surface area contributed by atoms with E-state index < -0.39 is 0 Å². The summed E-state index contributed by atoms with van der Waals surface area (Å²) in [6.45, 7) is 4.51. The van der Waals surface area contributed by atoms with Crippen molar-refractivity contribution in [3.05, 3.63) is 70.3 Å². The molecular weight excluding hydrogens is 370 g/mol. The highest BCUT2D eigenvalue weighted by molar-refractivity contribution is 6.45. The van der Waals surface area contributed by atoms with E-state index in [1.807, 2.05) is 56.3 Å². The van der Waals surface area contributed by atoms with Crippen molar-refractivity contribution in [3.8, 4) is 0 Å². The molecule has 0 fully saturated rings. The van der Waals surface area contributed by atoms with Gasteiger partial charge >= 0.3 is 0 Å². The van der Waals surface area contributed by atoms with Crippen molar-refractivity contribution in [2.45, 2.75) is 27.1 Å². The number of nitrogens with one attached hydrogen (secondary N) is 1. The topological polar surface area (TPSA) is 81.5 Å². The molecule has 7 nitrogen and oxygen atoms in total. The summed E-state index contributed by atoms with van der Waals surface area (Å²) in [6, 6.07) is 13.5. The molecule has 0 heterocycles. The summed E-state index contributed by atoms with van der Waals surface area (Å²) in [5.41, 5.74) is 5.33. The van der Waals surface area contributed by atoms with Crippen molar-refractivity contribution in [2.75, 3.05) is 21.3 Å². The number of oxime groups is 2. The molecule has 29 heavy (non-hydrogen) atoms. The van der Waals surface area contributed by atoms with Crippen LogP contribution >= 0.6 is 0 Å². The average Bonchev–Trinajstić information content (AvgIpc) is 2.73. The third-order valence-corrected chi connectivity index (χ3v) is 4.41. The Hall–Kier alpha value is -3.19. The first-order valence-corrected chi connectivity index (χ1v) is 9.19. The lowest BCUT2D eigenvalue weighted by atomic mass is 9.98. The van der Waals surface area contributed by atoms with Crippen LogP contribution in [-0.4, -0.2) is 38.6 Å². The number of benzene rings is 2. The van der Waals surface area contributed by atoms with Crippen LogP contribution in [0.4, 0.5) is 0 Å². The molecule has 0 atom stereocenters.